The molecule has 17 heavy (non-hydrogen) atoms. The fourth-order valence-electron chi connectivity index (χ4n) is 2.58. The summed E-state index contributed by atoms with van der Waals surface area (Å²) in [7, 11) is 0. The van der Waals surface area contributed by atoms with Gasteiger partial charge in [-0.1, -0.05) is 32.8 Å². The fraction of sp³-hybridized carbons (Fsp3) is 0.786. The molecule has 0 saturated heterocycles. The van der Waals surface area contributed by atoms with E-state index in [1.54, 1.807) is 0 Å². The lowest BCUT2D eigenvalue weighted by Crippen LogP contribution is -2.46. The van der Waals surface area contributed by atoms with Crippen molar-refractivity contribution in [2.24, 2.45) is 5.92 Å². The van der Waals surface area contributed by atoms with Gasteiger partial charge < -0.3 is 10.4 Å². The van der Waals surface area contributed by atoms with Crippen molar-refractivity contribution in [1.29, 1.82) is 0 Å². The van der Waals surface area contributed by atoms with Gasteiger partial charge in [-0.25, -0.2) is 0 Å². The van der Waals surface area contributed by atoms with Crippen LogP contribution >= 0.6 is 0 Å². The van der Waals surface area contributed by atoms with Crippen LogP contribution in [0.4, 0.5) is 0 Å². The number of rotatable bonds is 4. The van der Waals surface area contributed by atoms with Gasteiger partial charge in [-0.3, -0.25) is 4.79 Å². The van der Waals surface area contributed by atoms with E-state index >= 15 is 0 Å². The molecular formula is C14H25NO2. The van der Waals surface area contributed by atoms with Crippen molar-refractivity contribution in [3.63, 3.8) is 0 Å². The summed E-state index contributed by atoms with van der Waals surface area (Å²) in [5.74, 6) is 0.497. The zero-order chi connectivity index (χ0) is 12.9. The summed E-state index contributed by atoms with van der Waals surface area (Å²) in [5.41, 5.74) is 0.0415. The van der Waals surface area contributed by atoms with Crippen LogP contribution in [0.2, 0.25) is 0 Å². The first-order valence-corrected chi connectivity index (χ1v) is 6.64. The Balaban J connectivity index is 2.44. The molecule has 3 heteroatoms. The van der Waals surface area contributed by atoms with Crippen molar-refractivity contribution >= 4 is 5.91 Å². The third kappa shape index (κ3) is 4.50. The van der Waals surface area contributed by atoms with Gasteiger partial charge in [0.1, 0.15) is 0 Å². The van der Waals surface area contributed by atoms with E-state index in [4.69, 9.17) is 0 Å². The lowest BCUT2D eigenvalue weighted by Gasteiger charge is -2.35. The molecule has 2 N–H and O–H groups in total. The molecule has 1 rings (SSSR count). The summed E-state index contributed by atoms with van der Waals surface area (Å²) >= 11 is 0. The number of hydrogen-bond donors (Lipinski definition) is 2. The van der Waals surface area contributed by atoms with E-state index in [1.165, 1.54) is 6.42 Å². The Hall–Kier alpha value is -0.830. The quantitative estimate of drug-likeness (QED) is 0.740. The smallest absolute Gasteiger partial charge is 0.246 e. The van der Waals surface area contributed by atoms with E-state index < -0.39 is 5.60 Å². The number of allylic oxidation sites excluding steroid dienone is 1. The van der Waals surface area contributed by atoms with Gasteiger partial charge in [0.25, 0.3) is 0 Å². The average molecular weight is 239 g/mol. The number of nitrogens with one attached hydrogen (secondary N) is 1. The number of aliphatic hydroxyl groups is 1. The van der Waals surface area contributed by atoms with E-state index in [-0.39, 0.29) is 5.91 Å². The largest absolute Gasteiger partial charge is 0.388 e. The number of carbonyl (C=O) groups excluding carboxylic acids is 1. The molecule has 0 bridgehead atoms. The fourth-order valence-corrected chi connectivity index (χ4v) is 2.58. The number of hydrogen-bond acceptors (Lipinski definition) is 2. The summed E-state index contributed by atoms with van der Waals surface area (Å²) in [6.07, 6.45) is 6.60. The lowest BCUT2D eigenvalue weighted by atomic mass is 9.79. The normalized spacial score (nSPS) is 30.1. The molecule has 3 nitrogen and oxygen atoms in total. The minimum atomic E-state index is -0.695. The highest BCUT2D eigenvalue weighted by Crippen LogP contribution is 2.31. The van der Waals surface area contributed by atoms with Crippen molar-refractivity contribution < 1.29 is 9.90 Å². The first kappa shape index (κ1) is 14.2. The van der Waals surface area contributed by atoms with Gasteiger partial charge in [-0.15, -0.1) is 0 Å². The Morgan fingerprint density at radius 2 is 2.29 bits per heavy atom. The molecule has 2 unspecified atom stereocenters. The Morgan fingerprint density at radius 3 is 2.88 bits per heavy atom. The molecule has 0 heterocycles. The second-order valence-electron chi connectivity index (χ2n) is 5.40. The van der Waals surface area contributed by atoms with Gasteiger partial charge in [0.05, 0.1) is 5.60 Å². The SMILES string of the molecule is CCC=C(C)C(=O)NCC1(O)CCCC(C)C1. The zero-order valence-electron chi connectivity index (χ0n) is 11.3. The molecule has 1 saturated carbocycles. The first-order valence-electron chi connectivity index (χ1n) is 6.64. The molecule has 2 atom stereocenters. The molecule has 0 aromatic heterocycles. The van der Waals surface area contributed by atoms with Crippen molar-refractivity contribution in [2.45, 2.75) is 58.5 Å². The molecule has 1 amide bonds. The maximum atomic E-state index is 11.7. The van der Waals surface area contributed by atoms with Crippen LogP contribution in [0.25, 0.3) is 0 Å². The molecule has 0 radical (unpaired) electrons. The molecule has 0 aromatic carbocycles. The molecule has 0 aliphatic heterocycles. The first-order chi connectivity index (χ1) is 7.97. The molecule has 0 spiro atoms. The van der Waals surface area contributed by atoms with Crippen LogP contribution in [0.3, 0.4) is 0 Å². The van der Waals surface area contributed by atoms with Crippen LogP contribution in [0.15, 0.2) is 11.6 Å². The Bertz CT molecular complexity index is 299. The highest BCUT2D eigenvalue weighted by Gasteiger charge is 2.32. The van der Waals surface area contributed by atoms with Crippen molar-refractivity contribution in [3.8, 4) is 0 Å². The van der Waals surface area contributed by atoms with Crippen molar-refractivity contribution in [1.82, 2.24) is 5.32 Å². The summed E-state index contributed by atoms with van der Waals surface area (Å²) in [5, 5.41) is 13.2. The average Bonchev–Trinajstić information content (AvgIpc) is 2.26. The van der Waals surface area contributed by atoms with Gasteiger partial charge in [0, 0.05) is 12.1 Å². The molecule has 1 aliphatic rings. The second-order valence-corrected chi connectivity index (χ2v) is 5.40. The molecule has 1 fully saturated rings. The lowest BCUT2D eigenvalue weighted by molar-refractivity contribution is -0.119. The third-order valence-electron chi connectivity index (χ3n) is 3.51. The Labute approximate surface area is 104 Å². The topological polar surface area (TPSA) is 49.3 Å². The second kappa shape index (κ2) is 6.20. The van der Waals surface area contributed by atoms with E-state index in [9.17, 15) is 9.90 Å². The van der Waals surface area contributed by atoms with E-state index in [2.05, 4.69) is 12.2 Å². The van der Waals surface area contributed by atoms with Crippen LogP contribution in [-0.4, -0.2) is 23.2 Å². The predicted octanol–water partition coefficient (Wildman–Crippen LogP) is 2.40. The standard InChI is InChI=1S/C14H25NO2/c1-4-6-12(3)13(16)15-10-14(17)8-5-7-11(2)9-14/h6,11,17H,4-5,7-10H2,1-3H3,(H,15,16). The van der Waals surface area contributed by atoms with E-state index in [0.717, 1.165) is 31.3 Å². The van der Waals surface area contributed by atoms with Gasteiger partial charge in [0.15, 0.2) is 0 Å². The molecule has 0 aromatic rings. The number of amides is 1. The highest BCUT2D eigenvalue weighted by molar-refractivity contribution is 5.92. The molecular weight excluding hydrogens is 214 g/mol. The van der Waals surface area contributed by atoms with Crippen molar-refractivity contribution in [2.75, 3.05) is 6.54 Å². The highest BCUT2D eigenvalue weighted by atomic mass is 16.3. The van der Waals surface area contributed by atoms with Crippen LogP contribution in [0.1, 0.15) is 52.9 Å². The van der Waals surface area contributed by atoms with Crippen LogP contribution in [-0.2, 0) is 4.79 Å². The zero-order valence-corrected chi connectivity index (χ0v) is 11.3. The summed E-state index contributed by atoms with van der Waals surface area (Å²) in [6, 6.07) is 0. The van der Waals surface area contributed by atoms with Gasteiger partial charge >= 0.3 is 0 Å². The van der Waals surface area contributed by atoms with Crippen LogP contribution in [0.5, 0.6) is 0 Å². The number of carbonyl (C=O) groups is 1. The van der Waals surface area contributed by atoms with Crippen LogP contribution in [0, 0.1) is 5.92 Å². The van der Waals surface area contributed by atoms with Gasteiger partial charge in [0.2, 0.25) is 5.91 Å². The van der Waals surface area contributed by atoms with E-state index in [1.807, 2.05) is 19.9 Å². The molecule has 98 valence electrons. The third-order valence-corrected chi connectivity index (χ3v) is 3.51. The summed E-state index contributed by atoms with van der Waals surface area (Å²) in [4.78, 5) is 11.7. The van der Waals surface area contributed by atoms with Gasteiger partial charge in [-0.05, 0) is 32.1 Å². The minimum absolute atomic E-state index is 0.0569. The van der Waals surface area contributed by atoms with Crippen LogP contribution < -0.4 is 5.32 Å². The van der Waals surface area contributed by atoms with Crippen molar-refractivity contribution in [3.05, 3.63) is 11.6 Å². The molecule has 1 aliphatic carbocycles. The maximum absolute atomic E-state index is 11.7. The predicted molar refractivity (Wildman–Crippen MR) is 69.6 cm³/mol. The Morgan fingerprint density at radius 1 is 1.59 bits per heavy atom. The summed E-state index contributed by atoms with van der Waals surface area (Å²) in [6.45, 7) is 6.36. The summed E-state index contributed by atoms with van der Waals surface area (Å²) < 4.78 is 0. The van der Waals surface area contributed by atoms with Gasteiger partial charge in [-0.2, -0.15) is 0 Å². The van der Waals surface area contributed by atoms with E-state index in [0.29, 0.717) is 12.5 Å². The minimum Gasteiger partial charge on any atom is -0.388 e. The maximum Gasteiger partial charge on any atom is 0.246 e. The Kier molecular flexibility index (Phi) is 5.19. The monoisotopic (exact) mass is 239 g/mol.